The molecule has 0 bridgehead atoms. The van der Waals surface area contributed by atoms with Gasteiger partial charge in [-0.3, -0.25) is 0 Å². The summed E-state index contributed by atoms with van der Waals surface area (Å²) in [6.45, 7) is 1.87. The maximum Gasteiger partial charge on any atom is 0.106 e. The van der Waals surface area contributed by atoms with E-state index in [0.29, 0.717) is 17.5 Å². The Labute approximate surface area is 99.9 Å². The third-order valence-electron chi connectivity index (χ3n) is 2.42. The Bertz CT molecular complexity index is 400. The van der Waals surface area contributed by atoms with Crippen molar-refractivity contribution in [2.24, 2.45) is 0 Å². The maximum atomic E-state index is 9.86. The zero-order chi connectivity index (χ0) is 12.1. The van der Waals surface area contributed by atoms with Gasteiger partial charge in [-0.25, -0.2) is 0 Å². The first kappa shape index (κ1) is 13.0. The molecule has 0 spiro atoms. The molecule has 1 rings (SSSR count). The van der Waals surface area contributed by atoms with Crippen LogP contribution in [0.1, 0.15) is 29.2 Å². The first-order chi connectivity index (χ1) is 7.60. The molecule has 16 heavy (non-hydrogen) atoms. The standard InChI is InChI=1S/C12H14ClNO2/c1-8-2-3-10(9(6-8)7-14)12(16)11(15)4-5-13/h2-3,6,11-12,15-16H,4-5H2,1H3. The molecule has 0 saturated heterocycles. The van der Waals surface area contributed by atoms with Crippen LogP contribution in [0.4, 0.5) is 0 Å². The van der Waals surface area contributed by atoms with Gasteiger partial charge in [0.15, 0.2) is 0 Å². The predicted molar refractivity (Wildman–Crippen MR) is 62.2 cm³/mol. The number of hydrogen-bond donors (Lipinski definition) is 2. The minimum Gasteiger partial charge on any atom is -0.390 e. The molecule has 0 fully saturated rings. The first-order valence-corrected chi connectivity index (χ1v) is 5.56. The van der Waals surface area contributed by atoms with E-state index in [1.54, 1.807) is 18.2 Å². The molecule has 0 radical (unpaired) electrons. The summed E-state index contributed by atoms with van der Waals surface area (Å²) in [5.74, 6) is 0.270. The summed E-state index contributed by atoms with van der Waals surface area (Å²) in [6.07, 6.45) is -1.71. The van der Waals surface area contributed by atoms with E-state index in [4.69, 9.17) is 16.9 Å². The van der Waals surface area contributed by atoms with Gasteiger partial charge < -0.3 is 10.2 Å². The van der Waals surface area contributed by atoms with Crippen LogP contribution in [-0.4, -0.2) is 22.2 Å². The van der Waals surface area contributed by atoms with Crippen LogP contribution in [0.15, 0.2) is 18.2 Å². The number of aliphatic hydroxyl groups is 2. The highest BCUT2D eigenvalue weighted by molar-refractivity contribution is 6.17. The smallest absolute Gasteiger partial charge is 0.106 e. The second-order valence-electron chi connectivity index (χ2n) is 3.69. The van der Waals surface area contributed by atoms with Crippen molar-refractivity contribution in [3.05, 3.63) is 34.9 Å². The third kappa shape index (κ3) is 2.96. The molecule has 4 heteroatoms. The second-order valence-corrected chi connectivity index (χ2v) is 4.07. The van der Waals surface area contributed by atoms with Gasteiger partial charge in [0.05, 0.1) is 17.7 Å². The molecule has 0 heterocycles. The highest BCUT2D eigenvalue weighted by atomic mass is 35.5. The Kier molecular flexibility index (Phi) is 4.75. The van der Waals surface area contributed by atoms with Crippen LogP contribution < -0.4 is 0 Å². The van der Waals surface area contributed by atoms with Gasteiger partial charge in [0.1, 0.15) is 6.10 Å². The van der Waals surface area contributed by atoms with Crippen molar-refractivity contribution >= 4 is 11.6 Å². The summed E-state index contributed by atoms with van der Waals surface area (Å²) in [6, 6.07) is 7.16. The molecular formula is C12H14ClNO2. The molecule has 0 aromatic heterocycles. The summed E-state index contributed by atoms with van der Waals surface area (Å²) in [5.41, 5.74) is 1.78. The van der Waals surface area contributed by atoms with E-state index in [1.807, 2.05) is 13.0 Å². The normalized spacial score (nSPS) is 14.2. The van der Waals surface area contributed by atoms with E-state index in [1.165, 1.54) is 0 Å². The van der Waals surface area contributed by atoms with E-state index in [0.717, 1.165) is 5.56 Å². The SMILES string of the molecule is Cc1ccc(C(O)C(O)CCCl)c(C#N)c1. The van der Waals surface area contributed by atoms with Gasteiger partial charge in [0, 0.05) is 11.4 Å². The Morgan fingerprint density at radius 1 is 1.44 bits per heavy atom. The molecule has 1 aromatic rings. The number of benzene rings is 1. The van der Waals surface area contributed by atoms with Crippen molar-refractivity contribution in [3.8, 4) is 6.07 Å². The Morgan fingerprint density at radius 2 is 2.12 bits per heavy atom. The van der Waals surface area contributed by atoms with Gasteiger partial charge in [-0.15, -0.1) is 11.6 Å². The average Bonchev–Trinajstić information content (AvgIpc) is 2.28. The molecule has 0 aliphatic carbocycles. The molecular weight excluding hydrogens is 226 g/mol. The van der Waals surface area contributed by atoms with Crippen molar-refractivity contribution in [1.82, 2.24) is 0 Å². The lowest BCUT2D eigenvalue weighted by atomic mass is 9.96. The number of hydrogen-bond acceptors (Lipinski definition) is 3. The molecule has 2 atom stereocenters. The second kappa shape index (κ2) is 5.86. The van der Waals surface area contributed by atoms with Crippen LogP contribution in [0.5, 0.6) is 0 Å². The summed E-state index contributed by atoms with van der Waals surface area (Å²) in [4.78, 5) is 0. The minimum absolute atomic E-state index is 0.270. The van der Waals surface area contributed by atoms with Crippen LogP contribution in [0.3, 0.4) is 0 Å². The summed E-state index contributed by atoms with van der Waals surface area (Å²) < 4.78 is 0. The summed E-state index contributed by atoms with van der Waals surface area (Å²) >= 11 is 5.49. The molecule has 1 aromatic carbocycles. The largest absolute Gasteiger partial charge is 0.390 e. The van der Waals surface area contributed by atoms with Crippen molar-refractivity contribution in [1.29, 1.82) is 5.26 Å². The first-order valence-electron chi connectivity index (χ1n) is 5.03. The van der Waals surface area contributed by atoms with Gasteiger partial charge in [0.25, 0.3) is 0 Å². The van der Waals surface area contributed by atoms with Gasteiger partial charge in [-0.1, -0.05) is 12.1 Å². The minimum atomic E-state index is -1.06. The van der Waals surface area contributed by atoms with Gasteiger partial charge in [-0.05, 0) is 25.0 Å². The van der Waals surface area contributed by atoms with Crippen molar-refractivity contribution in [2.75, 3.05) is 5.88 Å². The quantitative estimate of drug-likeness (QED) is 0.789. The van der Waals surface area contributed by atoms with E-state index < -0.39 is 12.2 Å². The van der Waals surface area contributed by atoms with E-state index in [9.17, 15) is 10.2 Å². The van der Waals surface area contributed by atoms with Crippen molar-refractivity contribution in [3.63, 3.8) is 0 Å². The molecule has 86 valence electrons. The van der Waals surface area contributed by atoms with Crippen LogP contribution >= 0.6 is 11.6 Å². The number of halogens is 1. The summed E-state index contributed by atoms with van der Waals surface area (Å²) in [7, 11) is 0. The average molecular weight is 240 g/mol. The fourth-order valence-corrected chi connectivity index (χ4v) is 1.73. The predicted octanol–water partition coefficient (Wildman–Crippen LogP) is 1.89. The number of rotatable bonds is 4. The lowest BCUT2D eigenvalue weighted by Gasteiger charge is -2.18. The molecule has 0 aliphatic heterocycles. The number of alkyl halides is 1. The van der Waals surface area contributed by atoms with Crippen molar-refractivity contribution in [2.45, 2.75) is 25.6 Å². The molecule has 3 nitrogen and oxygen atoms in total. The third-order valence-corrected chi connectivity index (χ3v) is 2.64. The van der Waals surface area contributed by atoms with E-state index in [2.05, 4.69) is 0 Å². The van der Waals surface area contributed by atoms with E-state index in [-0.39, 0.29) is 5.88 Å². The highest BCUT2D eigenvalue weighted by Gasteiger charge is 2.20. The van der Waals surface area contributed by atoms with E-state index >= 15 is 0 Å². The lowest BCUT2D eigenvalue weighted by Crippen LogP contribution is -2.19. The molecule has 0 aliphatic rings. The number of aliphatic hydroxyl groups excluding tert-OH is 2. The Hall–Kier alpha value is -1.08. The Morgan fingerprint density at radius 3 is 2.69 bits per heavy atom. The lowest BCUT2D eigenvalue weighted by molar-refractivity contribution is 0.0168. The molecule has 0 amide bonds. The molecule has 2 unspecified atom stereocenters. The number of nitriles is 1. The van der Waals surface area contributed by atoms with Gasteiger partial charge >= 0.3 is 0 Å². The van der Waals surface area contributed by atoms with Gasteiger partial charge in [-0.2, -0.15) is 5.26 Å². The zero-order valence-electron chi connectivity index (χ0n) is 9.02. The molecule has 0 saturated carbocycles. The fraction of sp³-hybridized carbons (Fsp3) is 0.417. The van der Waals surface area contributed by atoms with Gasteiger partial charge in [0.2, 0.25) is 0 Å². The number of nitrogens with zero attached hydrogens (tertiary/aromatic N) is 1. The molecule has 2 N–H and O–H groups in total. The zero-order valence-corrected chi connectivity index (χ0v) is 9.78. The van der Waals surface area contributed by atoms with Crippen LogP contribution in [0, 0.1) is 18.3 Å². The fourth-order valence-electron chi connectivity index (χ4n) is 1.50. The van der Waals surface area contributed by atoms with Crippen molar-refractivity contribution < 1.29 is 10.2 Å². The topological polar surface area (TPSA) is 64.2 Å². The maximum absolute atomic E-state index is 9.86. The van der Waals surface area contributed by atoms with Crippen LogP contribution in [0.2, 0.25) is 0 Å². The van der Waals surface area contributed by atoms with Crippen LogP contribution in [-0.2, 0) is 0 Å². The highest BCUT2D eigenvalue weighted by Crippen LogP contribution is 2.23. The Balaban J connectivity index is 2.99. The number of aryl methyl sites for hydroxylation is 1. The van der Waals surface area contributed by atoms with Crippen LogP contribution in [0.25, 0.3) is 0 Å². The summed E-state index contributed by atoms with van der Waals surface area (Å²) in [5, 5.41) is 28.4. The monoisotopic (exact) mass is 239 g/mol.